The van der Waals surface area contributed by atoms with Gasteiger partial charge in [0.2, 0.25) is 5.78 Å². The summed E-state index contributed by atoms with van der Waals surface area (Å²) in [5, 5.41) is 0. The number of aromatic nitrogens is 3. The lowest BCUT2D eigenvalue weighted by molar-refractivity contribution is 0.0938. The quantitative estimate of drug-likeness (QED) is 0.754. The maximum Gasteiger partial charge on any atom is 0.209 e. The number of pyridine rings is 1. The Kier molecular flexibility index (Phi) is 2.84. The van der Waals surface area contributed by atoms with E-state index in [1.54, 1.807) is 24.7 Å². The van der Waals surface area contributed by atoms with E-state index in [2.05, 4.69) is 15.0 Å². The zero-order valence-corrected chi connectivity index (χ0v) is 9.91. The number of nitrogens with zero attached hydrogens (tertiary/aromatic N) is 3. The summed E-state index contributed by atoms with van der Waals surface area (Å²) in [7, 11) is 0. The van der Waals surface area contributed by atoms with E-state index in [0.717, 1.165) is 25.0 Å². The van der Waals surface area contributed by atoms with Gasteiger partial charge >= 0.3 is 0 Å². The summed E-state index contributed by atoms with van der Waals surface area (Å²) in [5.41, 5.74) is 2.08. The first-order chi connectivity index (χ1) is 8.86. The molecule has 0 spiro atoms. The van der Waals surface area contributed by atoms with Crippen LogP contribution in [-0.2, 0) is 6.42 Å². The zero-order chi connectivity index (χ0) is 12.4. The molecule has 1 unspecified atom stereocenters. The molecule has 4 nitrogen and oxygen atoms in total. The Bertz CT molecular complexity index is 568. The van der Waals surface area contributed by atoms with Crippen molar-refractivity contribution in [3.05, 3.63) is 53.9 Å². The van der Waals surface area contributed by atoms with Crippen molar-refractivity contribution in [2.75, 3.05) is 0 Å². The van der Waals surface area contributed by atoms with Gasteiger partial charge in [-0.2, -0.15) is 0 Å². The van der Waals surface area contributed by atoms with Crippen molar-refractivity contribution in [3.63, 3.8) is 0 Å². The van der Waals surface area contributed by atoms with Crippen LogP contribution in [0.25, 0.3) is 0 Å². The highest BCUT2D eigenvalue weighted by Gasteiger charge is 2.29. The van der Waals surface area contributed by atoms with Gasteiger partial charge in [0.15, 0.2) is 5.82 Å². The molecule has 18 heavy (non-hydrogen) atoms. The molecule has 3 rings (SSSR count). The van der Waals surface area contributed by atoms with Gasteiger partial charge in [0, 0.05) is 18.6 Å². The molecule has 2 aromatic rings. The fourth-order valence-corrected chi connectivity index (χ4v) is 2.45. The molecular weight excluding hydrogens is 226 g/mol. The van der Waals surface area contributed by atoms with Crippen LogP contribution in [0.15, 0.2) is 36.8 Å². The Morgan fingerprint density at radius 3 is 2.72 bits per heavy atom. The summed E-state index contributed by atoms with van der Waals surface area (Å²) in [6.07, 6.45) is 7.80. The van der Waals surface area contributed by atoms with Crippen LogP contribution in [0.1, 0.15) is 40.6 Å². The van der Waals surface area contributed by atoms with Gasteiger partial charge in [0.1, 0.15) is 0 Å². The van der Waals surface area contributed by atoms with Crippen molar-refractivity contribution < 1.29 is 4.79 Å². The highest BCUT2D eigenvalue weighted by Crippen LogP contribution is 2.31. The topological polar surface area (TPSA) is 55.7 Å². The third kappa shape index (κ3) is 1.90. The molecule has 4 heteroatoms. The summed E-state index contributed by atoms with van der Waals surface area (Å²) in [6, 6.07) is 5.68. The van der Waals surface area contributed by atoms with E-state index in [1.165, 1.54) is 5.56 Å². The van der Waals surface area contributed by atoms with Gasteiger partial charge < -0.3 is 0 Å². The lowest BCUT2D eigenvalue weighted by Crippen LogP contribution is -2.21. The second-order valence-electron chi connectivity index (χ2n) is 4.43. The molecule has 0 saturated heterocycles. The summed E-state index contributed by atoms with van der Waals surface area (Å²) in [5.74, 6) is 0.0913. The van der Waals surface area contributed by atoms with Crippen LogP contribution >= 0.6 is 0 Å². The van der Waals surface area contributed by atoms with Gasteiger partial charge in [-0.15, -0.1) is 0 Å². The Balaban J connectivity index is 1.97. The highest BCUT2D eigenvalue weighted by atomic mass is 16.1. The first-order valence-electron chi connectivity index (χ1n) is 6.11. The van der Waals surface area contributed by atoms with E-state index in [4.69, 9.17) is 0 Å². The molecule has 0 aliphatic heterocycles. The van der Waals surface area contributed by atoms with Crippen LogP contribution in [0.4, 0.5) is 0 Å². The number of hydrogen-bond donors (Lipinski definition) is 0. The Morgan fingerprint density at radius 1 is 1.11 bits per heavy atom. The predicted molar refractivity (Wildman–Crippen MR) is 66.3 cm³/mol. The van der Waals surface area contributed by atoms with Crippen molar-refractivity contribution >= 4 is 5.78 Å². The summed E-state index contributed by atoms with van der Waals surface area (Å²) < 4.78 is 0. The van der Waals surface area contributed by atoms with Crippen molar-refractivity contribution in [2.24, 2.45) is 0 Å². The number of carbonyl (C=O) groups is 1. The Morgan fingerprint density at radius 2 is 1.89 bits per heavy atom. The van der Waals surface area contributed by atoms with Gasteiger partial charge in [-0.25, -0.2) is 9.97 Å². The third-order valence-corrected chi connectivity index (χ3v) is 3.30. The second kappa shape index (κ2) is 4.64. The molecule has 90 valence electrons. The number of ketones is 1. The standard InChI is InChI=1S/C14H13N3O/c18-13(14-16-8-3-9-17-14)11-6-1-4-10-5-2-7-15-12(10)11/h2-3,5,7-9,11H,1,4,6H2. The van der Waals surface area contributed by atoms with Gasteiger partial charge in [0.05, 0.1) is 11.6 Å². The SMILES string of the molecule is O=C(c1ncccn1)C1CCCc2cccnc21. The number of carbonyl (C=O) groups excluding carboxylic acids is 1. The third-order valence-electron chi connectivity index (χ3n) is 3.30. The maximum absolute atomic E-state index is 12.4. The molecule has 0 aromatic carbocycles. The van der Waals surface area contributed by atoms with Crippen LogP contribution in [0.3, 0.4) is 0 Å². The van der Waals surface area contributed by atoms with Crippen LogP contribution in [0.2, 0.25) is 0 Å². The number of fused-ring (bicyclic) bond motifs is 1. The van der Waals surface area contributed by atoms with E-state index in [9.17, 15) is 4.79 Å². The maximum atomic E-state index is 12.4. The minimum absolute atomic E-state index is 0.0183. The lowest BCUT2D eigenvalue weighted by atomic mass is 9.84. The number of aryl methyl sites for hydroxylation is 1. The van der Waals surface area contributed by atoms with Crippen LogP contribution < -0.4 is 0 Å². The minimum atomic E-state index is -0.183. The van der Waals surface area contributed by atoms with Crippen LogP contribution in [-0.4, -0.2) is 20.7 Å². The molecule has 0 fully saturated rings. The monoisotopic (exact) mass is 239 g/mol. The molecule has 2 aromatic heterocycles. The fraction of sp³-hybridized carbons (Fsp3) is 0.286. The first kappa shape index (κ1) is 11.0. The summed E-state index contributed by atoms with van der Waals surface area (Å²) >= 11 is 0. The summed E-state index contributed by atoms with van der Waals surface area (Å²) in [4.78, 5) is 24.8. The molecule has 0 N–H and O–H groups in total. The highest BCUT2D eigenvalue weighted by molar-refractivity contribution is 5.97. The van der Waals surface area contributed by atoms with E-state index in [1.807, 2.05) is 12.1 Å². The summed E-state index contributed by atoms with van der Waals surface area (Å²) in [6.45, 7) is 0. The van der Waals surface area contributed by atoms with E-state index in [0.29, 0.717) is 5.82 Å². The Hall–Kier alpha value is -2.10. The molecule has 0 radical (unpaired) electrons. The molecular formula is C14H13N3O. The van der Waals surface area contributed by atoms with Crippen molar-refractivity contribution in [3.8, 4) is 0 Å². The molecule has 1 atom stereocenters. The number of hydrogen-bond acceptors (Lipinski definition) is 4. The smallest absolute Gasteiger partial charge is 0.209 e. The van der Waals surface area contributed by atoms with Gasteiger partial charge in [-0.1, -0.05) is 6.07 Å². The molecule has 0 amide bonds. The van der Waals surface area contributed by atoms with E-state index >= 15 is 0 Å². The lowest BCUT2D eigenvalue weighted by Gasteiger charge is -2.22. The van der Waals surface area contributed by atoms with Crippen LogP contribution in [0.5, 0.6) is 0 Å². The van der Waals surface area contributed by atoms with E-state index in [-0.39, 0.29) is 11.7 Å². The number of rotatable bonds is 2. The van der Waals surface area contributed by atoms with Gasteiger partial charge in [-0.05, 0) is 37.0 Å². The normalized spacial score (nSPS) is 18.1. The van der Waals surface area contributed by atoms with Gasteiger partial charge in [-0.3, -0.25) is 9.78 Å². The predicted octanol–water partition coefficient (Wildman–Crippen LogP) is 2.17. The number of Topliss-reactive ketones (excluding diaryl/α,β-unsaturated/α-hetero) is 1. The van der Waals surface area contributed by atoms with Crippen molar-refractivity contribution in [1.29, 1.82) is 0 Å². The molecule has 0 bridgehead atoms. The minimum Gasteiger partial charge on any atom is -0.290 e. The van der Waals surface area contributed by atoms with Crippen molar-refractivity contribution in [2.45, 2.75) is 25.2 Å². The largest absolute Gasteiger partial charge is 0.290 e. The van der Waals surface area contributed by atoms with E-state index < -0.39 is 0 Å². The average Bonchev–Trinajstić information content (AvgIpc) is 2.47. The van der Waals surface area contributed by atoms with Gasteiger partial charge in [0.25, 0.3) is 0 Å². The first-order valence-corrected chi connectivity index (χ1v) is 6.11. The average molecular weight is 239 g/mol. The second-order valence-corrected chi connectivity index (χ2v) is 4.43. The van der Waals surface area contributed by atoms with Crippen LogP contribution in [0, 0.1) is 0 Å². The zero-order valence-electron chi connectivity index (χ0n) is 9.91. The Labute approximate surface area is 105 Å². The molecule has 2 heterocycles. The fourth-order valence-electron chi connectivity index (χ4n) is 2.45. The van der Waals surface area contributed by atoms with Crippen molar-refractivity contribution in [1.82, 2.24) is 15.0 Å². The molecule has 1 aliphatic carbocycles. The molecule has 0 saturated carbocycles. The molecule has 1 aliphatic rings.